The Balaban J connectivity index is 1.83. The van der Waals surface area contributed by atoms with Crippen LogP contribution in [-0.2, 0) is 20.2 Å². The fraction of sp³-hybridized carbons (Fsp3) is 0.296. The van der Waals surface area contributed by atoms with Gasteiger partial charge in [0, 0.05) is 0 Å². The Labute approximate surface area is 202 Å². The van der Waals surface area contributed by atoms with Crippen LogP contribution in [0.1, 0.15) is 44.9 Å². The van der Waals surface area contributed by atoms with E-state index in [2.05, 4.69) is 38.2 Å². The van der Waals surface area contributed by atoms with Crippen LogP contribution in [0.4, 0.5) is 5.69 Å². The van der Waals surface area contributed by atoms with Crippen molar-refractivity contribution in [2.24, 2.45) is 0 Å². The third-order valence-corrected chi connectivity index (χ3v) is 7.42. The average Bonchev–Trinajstić information content (AvgIpc) is 2.82. The number of anilines is 1. The van der Waals surface area contributed by atoms with Gasteiger partial charge >= 0.3 is 0 Å². The molecule has 6 nitrogen and oxygen atoms in total. The Morgan fingerprint density at radius 2 is 1.53 bits per heavy atom. The summed E-state index contributed by atoms with van der Waals surface area (Å²) in [6.07, 6.45) is 0. The molecule has 0 radical (unpaired) electrons. The molecule has 0 saturated carbocycles. The predicted molar refractivity (Wildman–Crippen MR) is 136 cm³/mol. The molecular weight excluding hydrogens is 448 g/mol. The van der Waals surface area contributed by atoms with E-state index >= 15 is 0 Å². The van der Waals surface area contributed by atoms with E-state index in [0.717, 1.165) is 9.87 Å². The van der Waals surface area contributed by atoms with Crippen molar-refractivity contribution in [2.75, 3.05) is 18.0 Å². The number of nitrogens with one attached hydrogen (secondary N) is 1. The highest BCUT2D eigenvalue weighted by Gasteiger charge is 2.27. The lowest BCUT2D eigenvalue weighted by molar-refractivity contribution is -0.120. The minimum absolute atomic E-state index is 0.0374. The molecule has 3 aromatic carbocycles. The summed E-state index contributed by atoms with van der Waals surface area (Å²) in [5, 5.41) is 2.93. The van der Waals surface area contributed by atoms with Crippen LogP contribution >= 0.6 is 0 Å². The van der Waals surface area contributed by atoms with Crippen molar-refractivity contribution < 1.29 is 17.9 Å². The maximum Gasteiger partial charge on any atom is 0.264 e. The van der Waals surface area contributed by atoms with E-state index in [0.29, 0.717) is 11.4 Å². The molecule has 1 amide bonds. The summed E-state index contributed by atoms with van der Waals surface area (Å²) in [5.41, 5.74) is 2.56. The lowest BCUT2D eigenvalue weighted by atomic mass is 9.86. The van der Waals surface area contributed by atoms with Crippen LogP contribution in [0.25, 0.3) is 0 Å². The largest absolute Gasteiger partial charge is 0.497 e. The standard InChI is InChI=1S/C27H32N2O4S/c1-20(21-11-13-22(14-12-21)27(2,3)4)28-26(30)19-29(23-15-17-24(33-5)18-16-23)34(31,32)25-9-7-6-8-10-25/h6-18,20H,19H2,1-5H3,(H,28,30)/t20-/m1/s1. The van der Waals surface area contributed by atoms with Crippen molar-refractivity contribution in [1.82, 2.24) is 5.32 Å². The summed E-state index contributed by atoms with van der Waals surface area (Å²) in [7, 11) is -2.42. The molecule has 0 fully saturated rings. The van der Waals surface area contributed by atoms with Crippen LogP contribution in [0.3, 0.4) is 0 Å². The molecule has 0 aliphatic heterocycles. The Bertz CT molecular complexity index is 1200. The molecule has 0 heterocycles. The van der Waals surface area contributed by atoms with Gasteiger partial charge in [-0.25, -0.2) is 8.42 Å². The van der Waals surface area contributed by atoms with Gasteiger partial charge in [0.05, 0.1) is 23.7 Å². The molecule has 7 heteroatoms. The number of benzene rings is 3. The van der Waals surface area contributed by atoms with Crippen molar-refractivity contribution in [3.8, 4) is 5.75 Å². The quantitative estimate of drug-likeness (QED) is 0.489. The highest BCUT2D eigenvalue weighted by molar-refractivity contribution is 7.92. The molecule has 0 bridgehead atoms. The van der Waals surface area contributed by atoms with Crippen LogP contribution in [0.15, 0.2) is 83.8 Å². The Hall–Kier alpha value is -3.32. The van der Waals surface area contributed by atoms with Crippen LogP contribution in [0.5, 0.6) is 5.75 Å². The van der Waals surface area contributed by atoms with Crippen molar-refractivity contribution in [3.63, 3.8) is 0 Å². The number of ether oxygens (including phenoxy) is 1. The summed E-state index contributed by atoms with van der Waals surface area (Å²) >= 11 is 0. The number of hydrogen-bond acceptors (Lipinski definition) is 4. The third kappa shape index (κ3) is 5.97. The van der Waals surface area contributed by atoms with Crippen LogP contribution in [0, 0.1) is 0 Å². The summed E-state index contributed by atoms with van der Waals surface area (Å²) in [4.78, 5) is 13.1. The van der Waals surface area contributed by atoms with E-state index in [4.69, 9.17) is 4.74 Å². The van der Waals surface area contributed by atoms with Gasteiger partial charge in [-0.2, -0.15) is 0 Å². The van der Waals surface area contributed by atoms with Gasteiger partial charge in [-0.3, -0.25) is 9.10 Å². The molecule has 0 unspecified atom stereocenters. The second-order valence-electron chi connectivity index (χ2n) is 9.18. The third-order valence-electron chi connectivity index (χ3n) is 5.63. The van der Waals surface area contributed by atoms with E-state index < -0.39 is 15.9 Å². The Morgan fingerprint density at radius 3 is 2.06 bits per heavy atom. The summed E-state index contributed by atoms with van der Waals surface area (Å²) in [5.74, 6) is 0.195. The minimum atomic E-state index is -3.96. The van der Waals surface area contributed by atoms with Gasteiger partial charge < -0.3 is 10.1 Å². The van der Waals surface area contributed by atoms with Crippen molar-refractivity contribution in [2.45, 2.75) is 44.0 Å². The van der Waals surface area contributed by atoms with Crippen LogP contribution < -0.4 is 14.4 Å². The highest BCUT2D eigenvalue weighted by Crippen LogP contribution is 2.26. The van der Waals surface area contributed by atoms with Gasteiger partial charge in [0.25, 0.3) is 10.0 Å². The number of sulfonamides is 1. The number of rotatable bonds is 8. The molecule has 1 N–H and O–H groups in total. The SMILES string of the molecule is COc1ccc(N(CC(=O)N[C@H](C)c2ccc(C(C)(C)C)cc2)S(=O)(=O)c2ccccc2)cc1. The molecule has 0 spiro atoms. The number of hydrogen-bond donors (Lipinski definition) is 1. The van der Waals surface area contributed by atoms with Gasteiger partial charge in [0.2, 0.25) is 5.91 Å². The molecule has 0 saturated heterocycles. The average molecular weight is 481 g/mol. The number of amides is 1. The summed E-state index contributed by atoms with van der Waals surface area (Å²) < 4.78 is 33.2. The Morgan fingerprint density at radius 1 is 0.941 bits per heavy atom. The second kappa shape index (κ2) is 10.3. The molecule has 0 aliphatic rings. The van der Waals surface area contributed by atoms with Crippen LogP contribution in [0.2, 0.25) is 0 Å². The molecular formula is C27H32N2O4S. The first-order chi connectivity index (χ1) is 16.0. The normalized spacial score (nSPS) is 12.6. The maximum absolute atomic E-state index is 13.4. The fourth-order valence-corrected chi connectivity index (χ4v) is 5.00. The minimum Gasteiger partial charge on any atom is -0.497 e. The Kier molecular flexibility index (Phi) is 7.67. The molecule has 34 heavy (non-hydrogen) atoms. The monoisotopic (exact) mass is 480 g/mol. The highest BCUT2D eigenvalue weighted by atomic mass is 32.2. The molecule has 0 aromatic heterocycles. The van der Waals surface area contributed by atoms with E-state index in [1.807, 2.05) is 19.1 Å². The van der Waals surface area contributed by atoms with Gasteiger partial charge in [-0.15, -0.1) is 0 Å². The number of carbonyl (C=O) groups excluding carboxylic acids is 1. The van der Waals surface area contributed by atoms with E-state index in [1.54, 1.807) is 42.5 Å². The number of nitrogens with zero attached hydrogens (tertiary/aromatic N) is 1. The maximum atomic E-state index is 13.4. The zero-order valence-corrected chi connectivity index (χ0v) is 21.1. The van der Waals surface area contributed by atoms with Gasteiger partial charge in [0.15, 0.2) is 0 Å². The lowest BCUT2D eigenvalue weighted by Crippen LogP contribution is -2.41. The van der Waals surface area contributed by atoms with Gasteiger partial charge in [-0.05, 0) is 59.9 Å². The topological polar surface area (TPSA) is 75.7 Å². The smallest absolute Gasteiger partial charge is 0.264 e. The van der Waals surface area contributed by atoms with E-state index in [9.17, 15) is 13.2 Å². The summed E-state index contributed by atoms with van der Waals surface area (Å²) in [6.45, 7) is 7.97. The van der Waals surface area contributed by atoms with Crippen molar-refractivity contribution in [1.29, 1.82) is 0 Å². The first kappa shape index (κ1) is 25.3. The summed E-state index contributed by atoms with van der Waals surface area (Å²) in [6, 6.07) is 22.5. The lowest BCUT2D eigenvalue weighted by Gasteiger charge is -2.25. The molecule has 1 atom stereocenters. The van der Waals surface area contributed by atoms with E-state index in [1.165, 1.54) is 24.8 Å². The predicted octanol–water partition coefficient (Wildman–Crippen LogP) is 5.07. The van der Waals surface area contributed by atoms with Gasteiger partial charge in [0.1, 0.15) is 12.3 Å². The van der Waals surface area contributed by atoms with Crippen molar-refractivity contribution in [3.05, 3.63) is 90.0 Å². The van der Waals surface area contributed by atoms with E-state index in [-0.39, 0.29) is 22.9 Å². The number of carbonyl (C=O) groups is 1. The van der Waals surface area contributed by atoms with Crippen molar-refractivity contribution >= 4 is 21.6 Å². The molecule has 3 aromatic rings. The first-order valence-electron chi connectivity index (χ1n) is 11.1. The second-order valence-corrected chi connectivity index (χ2v) is 11.0. The first-order valence-corrected chi connectivity index (χ1v) is 12.6. The number of methoxy groups -OCH3 is 1. The zero-order chi connectivity index (χ0) is 24.9. The zero-order valence-electron chi connectivity index (χ0n) is 20.3. The molecule has 0 aliphatic carbocycles. The molecule has 3 rings (SSSR count). The van der Waals surface area contributed by atoms with Crippen LogP contribution in [-0.4, -0.2) is 28.0 Å². The molecule has 180 valence electrons. The van der Waals surface area contributed by atoms with Gasteiger partial charge in [-0.1, -0.05) is 63.2 Å². The fourth-order valence-electron chi connectivity index (χ4n) is 3.56.